The lowest BCUT2D eigenvalue weighted by Gasteiger charge is -2.31. The molecule has 1 aliphatic heterocycles. The summed E-state index contributed by atoms with van der Waals surface area (Å²) in [5, 5.41) is 8.73. The molecule has 2 heterocycles. The monoisotopic (exact) mass is 358 g/mol. The Bertz CT molecular complexity index is 734. The zero-order chi connectivity index (χ0) is 18.5. The van der Waals surface area contributed by atoms with Crippen molar-refractivity contribution >= 4 is 16.8 Å². The molecule has 1 fully saturated rings. The van der Waals surface area contributed by atoms with Crippen LogP contribution in [0.5, 0.6) is 5.75 Å². The summed E-state index contributed by atoms with van der Waals surface area (Å²) in [6.45, 7) is 7.35. The van der Waals surface area contributed by atoms with Gasteiger partial charge in [-0.2, -0.15) is 5.10 Å². The van der Waals surface area contributed by atoms with E-state index in [1.54, 1.807) is 6.92 Å². The molecule has 26 heavy (non-hydrogen) atoms. The van der Waals surface area contributed by atoms with Gasteiger partial charge in [0.1, 0.15) is 11.9 Å². The number of carbonyl (C=O) groups excluding carboxylic acids is 1. The van der Waals surface area contributed by atoms with Gasteiger partial charge >= 0.3 is 0 Å². The first-order valence-corrected chi connectivity index (χ1v) is 9.64. The summed E-state index contributed by atoms with van der Waals surface area (Å²) in [6.07, 6.45) is 4.35. The molecule has 0 saturated carbocycles. The van der Waals surface area contributed by atoms with E-state index in [0.717, 1.165) is 61.4 Å². The number of ether oxygens (including phenoxy) is 1. The van der Waals surface area contributed by atoms with Crippen molar-refractivity contribution in [3.63, 3.8) is 0 Å². The number of carbonyl (C=O) groups is 1. The molecule has 1 aliphatic rings. The molecule has 0 spiro atoms. The molecule has 6 heteroatoms. The van der Waals surface area contributed by atoms with E-state index in [4.69, 9.17) is 4.74 Å². The molecule has 1 aromatic carbocycles. The summed E-state index contributed by atoms with van der Waals surface area (Å²) < 4.78 is 6.19. The van der Waals surface area contributed by atoms with Gasteiger partial charge in [0.2, 0.25) is 5.91 Å². The molecule has 1 amide bonds. The number of likely N-dealkylation sites (tertiary alicyclic amines) is 1. The van der Waals surface area contributed by atoms with E-state index in [0.29, 0.717) is 0 Å². The highest BCUT2D eigenvalue weighted by atomic mass is 16.5. The molecule has 142 valence electrons. The number of benzene rings is 1. The van der Waals surface area contributed by atoms with Crippen LogP contribution in [0.3, 0.4) is 0 Å². The molecule has 0 atom stereocenters. The highest BCUT2D eigenvalue weighted by Gasteiger charge is 2.22. The summed E-state index contributed by atoms with van der Waals surface area (Å²) in [7, 11) is 2.14. The number of hydrogen-bond acceptors (Lipinski definition) is 4. The first-order valence-electron chi connectivity index (χ1n) is 9.64. The number of nitrogens with one attached hydrogen (secondary N) is 1. The Balaban J connectivity index is 1.65. The summed E-state index contributed by atoms with van der Waals surface area (Å²) in [5.74, 6) is 1.04. The van der Waals surface area contributed by atoms with Crippen LogP contribution in [0.15, 0.2) is 18.2 Å². The number of rotatable bonds is 7. The molecule has 1 aromatic heterocycles. The molecule has 1 saturated heterocycles. The number of unbranched alkanes of at least 4 members (excludes halogenated alkanes) is 1. The highest BCUT2D eigenvalue weighted by molar-refractivity contribution is 5.82. The van der Waals surface area contributed by atoms with Gasteiger partial charge < -0.3 is 14.5 Å². The second-order valence-corrected chi connectivity index (χ2v) is 7.30. The Hall–Kier alpha value is -2.08. The van der Waals surface area contributed by atoms with Gasteiger partial charge in [-0.3, -0.25) is 9.89 Å². The van der Waals surface area contributed by atoms with Gasteiger partial charge in [-0.05, 0) is 38.2 Å². The zero-order valence-electron chi connectivity index (χ0n) is 16.1. The Morgan fingerprint density at radius 2 is 2.15 bits per heavy atom. The number of nitrogens with zero attached hydrogens (tertiary/aromatic N) is 3. The van der Waals surface area contributed by atoms with Crippen LogP contribution in [0.1, 0.15) is 45.2 Å². The van der Waals surface area contributed by atoms with Gasteiger partial charge in [0.05, 0.1) is 11.2 Å². The van der Waals surface area contributed by atoms with Crippen molar-refractivity contribution in [1.29, 1.82) is 0 Å². The number of aromatic amines is 1. The Morgan fingerprint density at radius 1 is 1.38 bits per heavy atom. The van der Waals surface area contributed by atoms with Crippen molar-refractivity contribution < 1.29 is 9.53 Å². The molecule has 0 bridgehead atoms. The maximum Gasteiger partial charge on any atom is 0.219 e. The van der Waals surface area contributed by atoms with Crippen molar-refractivity contribution in [3.05, 3.63) is 23.9 Å². The van der Waals surface area contributed by atoms with Crippen molar-refractivity contribution in [2.75, 3.05) is 26.7 Å². The Labute approximate surface area is 155 Å². The topological polar surface area (TPSA) is 61.5 Å². The van der Waals surface area contributed by atoms with E-state index >= 15 is 0 Å². The minimum absolute atomic E-state index is 0.153. The van der Waals surface area contributed by atoms with Gasteiger partial charge in [0, 0.05) is 44.8 Å². The van der Waals surface area contributed by atoms with Crippen LogP contribution < -0.4 is 4.74 Å². The van der Waals surface area contributed by atoms with E-state index < -0.39 is 0 Å². The van der Waals surface area contributed by atoms with Crippen molar-refractivity contribution in [1.82, 2.24) is 20.0 Å². The number of fused-ring (bicyclic) bond motifs is 1. The smallest absolute Gasteiger partial charge is 0.219 e. The third-order valence-electron chi connectivity index (χ3n) is 5.12. The van der Waals surface area contributed by atoms with Gasteiger partial charge in [-0.25, -0.2) is 0 Å². The van der Waals surface area contributed by atoms with E-state index in [9.17, 15) is 4.79 Å². The molecule has 6 nitrogen and oxygen atoms in total. The summed E-state index contributed by atoms with van der Waals surface area (Å²) in [5.41, 5.74) is 2.11. The van der Waals surface area contributed by atoms with E-state index in [1.165, 1.54) is 12.8 Å². The van der Waals surface area contributed by atoms with Crippen LogP contribution in [-0.2, 0) is 11.3 Å². The van der Waals surface area contributed by atoms with E-state index in [-0.39, 0.29) is 12.0 Å². The lowest BCUT2D eigenvalue weighted by molar-refractivity contribution is -0.130. The van der Waals surface area contributed by atoms with E-state index in [2.05, 4.69) is 35.1 Å². The van der Waals surface area contributed by atoms with Gasteiger partial charge in [-0.1, -0.05) is 13.3 Å². The molecule has 0 unspecified atom stereocenters. The normalized spacial score (nSPS) is 15.8. The predicted octanol–water partition coefficient (Wildman–Crippen LogP) is 3.18. The first kappa shape index (κ1) is 18.7. The molecule has 3 rings (SSSR count). The van der Waals surface area contributed by atoms with Crippen LogP contribution in [0.4, 0.5) is 0 Å². The number of aromatic nitrogens is 2. The average molecular weight is 358 g/mol. The van der Waals surface area contributed by atoms with Crippen LogP contribution in [0.2, 0.25) is 0 Å². The number of amides is 1. The SMILES string of the molecule is CCCCN(C)Cc1[nH]nc2ccc(OC3CCN(C(C)=O)CC3)cc12. The standard InChI is InChI=1S/C20H30N4O2/c1-4-5-10-23(3)14-20-18-13-17(6-7-19(18)21-22-20)26-16-8-11-24(12-9-16)15(2)25/h6-7,13,16H,4-5,8-12,14H2,1-3H3,(H,21,22). The van der Waals surface area contributed by atoms with Gasteiger partial charge in [0.25, 0.3) is 0 Å². The molecule has 0 aliphatic carbocycles. The minimum atomic E-state index is 0.153. The Kier molecular flexibility index (Phi) is 6.14. The number of piperidine rings is 1. The van der Waals surface area contributed by atoms with Crippen LogP contribution >= 0.6 is 0 Å². The van der Waals surface area contributed by atoms with Gasteiger partial charge in [-0.15, -0.1) is 0 Å². The second kappa shape index (κ2) is 8.54. The second-order valence-electron chi connectivity index (χ2n) is 7.30. The fraction of sp³-hybridized carbons (Fsp3) is 0.600. The third-order valence-corrected chi connectivity index (χ3v) is 5.12. The molecular formula is C20H30N4O2. The average Bonchev–Trinajstić information content (AvgIpc) is 3.02. The van der Waals surface area contributed by atoms with Crippen molar-refractivity contribution in [2.24, 2.45) is 0 Å². The van der Waals surface area contributed by atoms with Crippen LogP contribution in [-0.4, -0.2) is 58.7 Å². The lowest BCUT2D eigenvalue weighted by Crippen LogP contribution is -2.40. The molecule has 0 radical (unpaired) electrons. The molecule has 2 aromatic rings. The summed E-state index contributed by atoms with van der Waals surface area (Å²) >= 11 is 0. The molecule has 1 N–H and O–H groups in total. The van der Waals surface area contributed by atoms with Crippen molar-refractivity contribution in [3.8, 4) is 5.75 Å². The maximum atomic E-state index is 11.4. The number of H-pyrrole nitrogens is 1. The minimum Gasteiger partial charge on any atom is -0.490 e. The van der Waals surface area contributed by atoms with Gasteiger partial charge in [0.15, 0.2) is 0 Å². The van der Waals surface area contributed by atoms with Crippen LogP contribution in [0.25, 0.3) is 10.9 Å². The fourth-order valence-electron chi connectivity index (χ4n) is 3.49. The zero-order valence-corrected chi connectivity index (χ0v) is 16.1. The van der Waals surface area contributed by atoms with Crippen molar-refractivity contribution in [2.45, 2.75) is 52.2 Å². The largest absolute Gasteiger partial charge is 0.490 e. The quantitative estimate of drug-likeness (QED) is 0.826. The lowest BCUT2D eigenvalue weighted by atomic mass is 10.1. The fourth-order valence-corrected chi connectivity index (χ4v) is 3.49. The van der Waals surface area contributed by atoms with E-state index in [1.807, 2.05) is 17.0 Å². The Morgan fingerprint density at radius 3 is 2.85 bits per heavy atom. The first-order chi connectivity index (χ1) is 12.6. The summed E-state index contributed by atoms with van der Waals surface area (Å²) in [4.78, 5) is 15.7. The molecular weight excluding hydrogens is 328 g/mol. The highest BCUT2D eigenvalue weighted by Crippen LogP contribution is 2.25. The third kappa shape index (κ3) is 4.55. The predicted molar refractivity (Wildman–Crippen MR) is 103 cm³/mol. The number of hydrogen-bond donors (Lipinski definition) is 1. The summed E-state index contributed by atoms with van der Waals surface area (Å²) in [6, 6.07) is 6.10. The maximum absolute atomic E-state index is 11.4. The van der Waals surface area contributed by atoms with Crippen LogP contribution in [0, 0.1) is 0 Å².